The lowest BCUT2D eigenvalue weighted by atomic mass is 10.1. The summed E-state index contributed by atoms with van der Waals surface area (Å²) >= 11 is 5.84. The third kappa shape index (κ3) is 3.37. The Labute approximate surface area is 129 Å². The molecule has 0 aliphatic heterocycles. The zero-order valence-electron chi connectivity index (χ0n) is 11.6. The van der Waals surface area contributed by atoms with Crippen LogP contribution in [0, 0.1) is 0 Å². The first kappa shape index (κ1) is 14.0. The highest BCUT2D eigenvalue weighted by atomic mass is 35.5. The van der Waals surface area contributed by atoms with Gasteiger partial charge in [-0.05, 0) is 36.1 Å². The first-order valence-corrected chi connectivity index (χ1v) is 7.42. The molecule has 0 aromatic heterocycles. The molecule has 0 radical (unpaired) electrons. The van der Waals surface area contributed by atoms with E-state index < -0.39 is 0 Å². The Morgan fingerprint density at radius 2 is 1.71 bits per heavy atom. The second-order valence-electron chi connectivity index (χ2n) is 5.38. The normalized spacial score (nSPS) is 15.3. The molecule has 3 nitrogen and oxygen atoms in total. The lowest BCUT2D eigenvalue weighted by Gasteiger charge is -2.18. The predicted octanol–water partition coefficient (Wildman–Crippen LogP) is 3.83. The van der Waals surface area contributed by atoms with Crippen LogP contribution in [0.3, 0.4) is 0 Å². The summed E-state index contributed by atoms with van der Waals surface area (Å²) in [4.78, 5) is 12.1. The van der Waals surface area contributed by atoms with Crippen LogP contribution in [0.2, 0.25) is 5.02 Å². The highest BCUT2D eigenvalue weighted by Gasteiger charge is 2.45. The molecule has 0 unspecified atom stereocenters. The van der Waals surface area contributed by atoms with Crippen LogP contribution >= 0.6 is 11.6 Å². The molecule has 1 saturated carbocycles. The second-order valence-corrected chi connectivity index (χ2v) is 5.82. The minimum atomic E-state index is -0.175. The Hall–Kier alpha value is -2.00. The van der Waals surface area contributed by atoms with E-state index >= 15 is 0 Å². The van der Waals surface area contributed by atoms with Crippen LogP contribution in [-0.2, 0) is 12.1 Å². The van der Waals surface area contributed by atoms with Crippen LogP contribution in [-0.4, -0.2) is 6.03 Å². The van der Waals surface area contributed by atoms with Crippen molar-refractivity contribution in [3.63, 3.8) is 0 Å². The minimum Gasteiger partial charge on any atom is -0.334 e. The maximum absolute atomic E-state index is 12.1. The van der Waals surface area contributed by atoms with Gasteiger partial charge < -0.3 is 10.6 Å². The number of hydrogen-bond donors (Lipinski definition) is 2. The number of amides is 2. The van der Waals surface area contributed by atoms with Gasteiger partial charge >= 0.3 is 6.03 Å². The average Bonchev–Trinajstić information content (AvgIpc) is 3.28. The number of nitrogens with one attached hydrogen (secondary N) is 2. The molecule has 2 N–H and O–H groups in total. The van der Waals surface area contributed by atoms with E-state index in [1.54, 1.807) is 0 Å². The Kier molecular flexibility index (Phi) is 3.84. The minimum absolute atomic E-state index is 0.133. The Bertz CT molecular complexity index is 621. The maximum atomic E-state index is 12.1. The number of urea groups is 1. The smallest absolute Gasteiger partial charge is 0.315 e. The summed E-state index contributed by atoms with van der Waals surface area (Å²) in [6.45, 7) is 0.494. The van der Waals surface area contributed by atoms with Crippen molar-refractivity contribution in [3.8, 4) is 0 Å². The van der Waals surface area contributed by atoms with Gasteiger partial charge in [-0.2, -0.15) is 0 Å². The van der Waals surface area contributed by atoms with Crippen molar-refractivity contribution < 1.29 is 4.79 Å². The number of halogens is 1. The highest BCUT2D eigenvalue weighted by molar-refractivity contribution is 6.30. The number of carbonyl (C=O) groups excluding carboxylic acids is 1. The molecule has 4 heteroatoms. The number of carbonyl (C=O) groups is 1. The van der Waals surface area contributed by atoms with Crippen molar-refractivity contribution in [3.05, 3.63) is 70.7 Å². The lowest BCUT2D eigenvalue weighted by molar-refractivity contribution is 0.235. The molecule has 0 saturated heterocycles. The van der Waals surface area contributed by atoms with E-state index in [0.717, 1.165) is 18.4 Å². The monoisotopic (exact) mass is 300 g/mol. The molecule has 0 spiro atoms. The van der Waals surface area contributed by atoms with Crippen molar-refractivity contribution in [1.29, 1.82) is 0 Å². The van der Waals surface area contributed by atoms with E-state index in [9.17, 15) is 4.79 Å². The van der Waals surface area contributed by atoms with Gasteiger partial charge in [0.05, 0.1) is 5.54 Å². The summed E-state index contributed by atoms with van der Waals surface area (Å²) in [5.74, 6) is 0. The molecule has 1 aliphatic rings. The van der Waals surface area contributed by atoms with Crippen LogP contribution in [0.25, 0.3) is 0 Å². The maximum Gasteiger partial charge on any atom is 0.315 e. The van der Waals surface area contributed by atoms with E-state index in [4.69, 9.17) is 11.6 Å². The largest absolute Gasteiger partial charge is 0.334 e. The molecule has 2 aromatic carbocycles. The zero-order chi connectivity index (χ0) is 14.7. The van der Waals surface area contributed by atoms with Crippen molar-refractivity contribution in [2.45, 2.75) is 24.9 Å². The lowest BCUT2D eigenvalue weighted by Crippen LogP contribution is -2.41. The number of benzene rings is 2. The van der Waals surface area contributed by atoms with Crippen LogP contribution < -0.4 is 10.6 Å². The molecule has 2 aromatic rings. The third-order valence-corrected chi connectivity index (χ3v) is 4.05. The first-order chi connectivity index (χ1) is 10.2. The van der Waals surface area contributed by atoms with Crippen molar-refractivity contribution in [2.75, 3.05) is 0 Å². The van der Waals surface area contributed by atoms with Gasteiger partial charge in [0.2, 0.25) is 0 Å². The van der Waals surface area contributed by atoms with Crippen LogP contribution in [0.15, 0.2) is 54.6 Å². The molecule has 0 atom stereocenters. The molecule has 0 bridgehead atoms. The Morgan fingerprint density at radius 3 is 2.33 bits per heavy atom. The summed E-state index contributed by atoms with van der Waals surface area (Å²) in [7, 11) is 0. The van der Waals surface area contributed by atoms with Gasteiger partial charge in [0, 0.05) is 11.6 Å². The van der Waals surface area contributed by atoms with E-state index in [2.05, 4.69) is 22.8 Å². The molecular formula is C17H17ClN2O. The zero-order valence-corrected chi connectivity index (χ0v) is 12.4. The second kappa shape index (κ2) is 5.78. The van der Waals surface area contributed by atoms with Gasteiger partial charge in [-0.15, -0.1) is 0 Å². The van der Waals surface area contributed by atoms with Crippen molar-refractivity contribution in [2.24, 2.45) is 0 Å². The van der Waals surface area contributed by atoms with Gasteiger partial charge in [0.15, 0.2) is 0 Å². The van der Waals surface area contributed by atoms with Gasteiger partial charge in [0.1, 0.15) is 0 Å². The fourth-order valence-electron chi connectivity index (χ4n) is 2.41. The number of hydrogen-bond acceptors (Lipinski definition) is 1. The van der Waals surface area contributed by atoms with Gasteiger partial charge in [-0.25, -0.2) is 4.79 Å². The molecule has 108 valence electrons. The fourth-order valence-corrected chi connectivity index (χ4v) is 2.54. The Morgan fingerprint density at radius 1 is 1.05 bits per heavy atom. The van der Waals surface area contributed by atoms with E-state index in [-0.39, 0.29) is 11.6 Å². The van der Waals surface area contributed by atoms with Gasteiger partial charge in [0.25, 0.3) is 0 Å². The molecule has 2 amide bonds. The summed E-state index contributed by atoms with van der Waals surface area (Å²) in [5.41, 5.74) is 2.02. The molecule has 1 aliphatic carbocycles. The molecule has 1 fully saturated rings. The number of rotatable bonds is 4. The summed E-state index contributed by atoms with van der Waals surface area (Å²) in [6.07, 6.45) is 1.98. The molecule has 3 rings (SSSR count). The quantitative estimate of drug-likeness (QED) is 0.885. The SMILES string of the molecule is O=C(NCc1ccc(Cl)cc1)NC1(c2ccccc2)CC1. The van der Waals surface area contributed by atoms with Crippen LogP contribution in [0.1, 0.15) is 24.0 Å². The molecular weight excluding hydrogens is 284 g/mol. The van der Waals surface area contributed by atoms with Crippen LogP contribution in [0.5, 0.6) is 0 Å². The van der Waals surface area contributed by atoms with Gasteiger partial charge in [-0.1, -0.05) is 54.1 Å². The van der Waals surface area contributed by atoms with Crippen molar-refractivity contribution >= 4 is 17.6 Å². The van der Waals surface area contributed by atoms with Gasteiger partial charge in [-0.3, -0.25) is 0 Å². The van der Waals surface area contributed by atoms with Crippen LogP contribution in [0.4, 0.5) is 4.79 Å². The Balaban J connectivity index is 1.56. The predicted molar refractivity (Wildman–Crippen MR) is 84.2 cm³/mol. The van der Waals surface area contributed by atoms with Crippen molar-refractivity contribution in [1.82, 2.24) is 10.6 Å². The topological polar surface area (TPSA) is 41.1 Å². The van der Waals surface area contributed by atoms with E-state index in [1.165, 1.54) is 5.56 Å². The molecule has 21 heavy (non-hydrogen) atoms. The van der Waals surface area contributed by atoms with E-state index in [1.807, 2.05) is 42.5 Å². The summed E-state index contributed by atoms with van der Waals surface area (Å²) in [5, 5.41) is 6.68. The first-order valence-electron chi connectivity index (χ1n) is 7.04. The summed E-state index contributed by atoms with van der Waals surface area (Å²) in [6, 6.07) is 17.4. The highest BCUT2D eigenvalue weighted by Crippen LogP contribution is 2.45. The third-order valence-electron chi connectivity index (χ3n) is 3.80. The summed E-state index contributed by atoms with van der Waals surface area (Å²) < 4.78 is 0. The molecule has 0 heterocycles. The average molecular weight is 301 g/mol. The standard InChI is InChI=1S/C17H17ClN2O/c18-15-8-6-13(7-9-15)12-19-16(21)20-17(10-11-17)14-4-2-1-3-5-14/h1-9H,10-12H2,(H2,19,20,21). The van der Waals surface area contributed by atoms with E-state index in [0.29, 0.717) is 11.6 Å². The fraction of sp³-hybridized carbons (Fsp3) is 0.235.